The molecule has 0 bridgehead atoms. The molecule has 0 saturated carbocycles. The van der Waals surface area contributed by atoms with Gasteiger partial charge in [0.15, 0.2) is 0 Å². The van der Waals surface area contributed by atoms with E-state index in [1.165, 1.54) is 6.92 Å². The van der Waals surface area contributed by atoms with E-state index in [4.69, 9.17) is 20.1 Å². The topological polar surface area (TPSA) is 155 Å². The van der Waals surface area contributed by atoms with Crippen LogP contribution in [0.5, 0.6) is 0 Å². The predicted octanol–water partition coefficient (Wildman–Crippen LogP) is 0.751. The highest BCUT2D eigenvalue weighted by Gasteiger charge is 2.27. The Bertz CT molecular complexity index is 547. The molecule has 0 rings (SSSR count). The van der Waals surface area contributed by atoms with E-state index in [-0.39, 0.29) is 12.8 Å². The number of hydrogen-bond acceptors (Lipinski definition) is 6. The Morgan fingerprint density at radius 3 is 2.29 bits per heavy atom. The Labute approximate surface area is 138 Å². The number of ketones is 1. The maximum absolute atomic E-state index is 11.6. The van der Waals surface area contributed by atoms with Gasteiger partial charge in [-0.25, -0.2) is 9.59 Å². The molecule has 0 radical (unpaired) electrons. The second-order valence-electron chi connectivity index (χ2n) is 5.91. The fourth-order valence-corrected chi connectivity index (χ4v) is 1.35. The van der Waals surface area contributed by atoms with Crippen molar-refractivity contribution >= 4 is 30.0 Å². The fraction of sp³-hybridized carbons (Fsp3) is 0.643. The van der Waals surface area contributed by atoms with Gasteiger partial charge in [-0.15, -0.1) is 0 Å². The van der Waals surface area contributed by atoms with Gasteiger partial charge in [0.25, 0.3) is 0 Å². The van der Waals surface area contributed by atoms with Crippen LogP contribution >= 0.6 is 0 Å². The fourth-order valence-electron chi connectivity index (χ4n) is 1.35. The van der Waals surface area contributed by atoms with Crippen LogP contribution in [0, 0.1) is 5.41 Å². The third-order valence-electron chi connectivity index (χ3n) is 2.63. The van der Waals surface area contributed by atoms with E-state index in [1.807, 2.05) is 5.32 Å². The van der Waals surface area contributed by atoms with Crippen molar-refractivity contribution in [1.82, 2.24) is 5.32 Å². The summed E-state index contributed by atoms with van der Waals surface area (Å²) in [6.07, 6.45) is -2.18. The number of alkyl carbamates (subject to hydrolysis) is 1. The van der Waals surface area contributed by atoms with Gasteiger partial charge in [-0.2, -0.15) is 4.79 Å². The maximum Gasteiger partial charge on any atom is 0.410 e. The number of esters is 1. The number of carboxylic acids is 1. The van der Waals surface area contributed by atoms with Crippen molar-refractivity contribution in [3.05, 3.63) is 5.53 Å². The van der Waals surface area contributed by atoms with Gasteiger partial charge in [-0.1, -0.05) is 0 Å². The van der Waals surface area contributed by atoms with Crippen LogP contribution < -0.4 is 5.32 Å². The number of carboxylic acid groups (broad SMARTS) is 1. The van der Waals surface area contributed by atoms with Gasteiger partial charge in [0.1, 0.15) is 6.04 Å². The lowest BCUT2D eigenvalue weighted by Crippen LogP contribution is -2.43. The Balaban J connectivity index is 4.52. The second-order valence-corrected chi connectivity index (χ2v) is 5.91. The molecule has 0 spiro atoms. The standard InChI is InChI=1S/C14H21N3O7/c1-8(23-12(21)14(2,3)4)24-13(22)17-10(11(19)20)6-5-9(18)7-16-15/h7-8,10H,5-6H2,1-4H3,(H,17,22)(H,19,20). The number of Topliss-reactive ketones (excluding diaryl/α,β-unsaturated/α-hetero) is 1. The van der Waals surface area contributed by atoms with Gasteiger partial charge in [0.2, 0.25) is 12.1 Å². The number of rotatable bonds is 8. The number of nitrogens with one attached hydrogen (secondary N) is 1. The zero-order valence-corrected chi connectivity index (χ0v) is 13.9. The first-order valence-electron chi connectivity index (χ1n) is 7.08. The van der Waals surface area contributed by atoms with E-state index in [9.17, 15) is 19.2 Å². The van der Waals surface area contributed by atoms with E-state index in [2.05, 4.69) is 4.79 Å². The molecule has 0 aliphatic heterocycles. The molecular weight excluding hydrogens is 322 g/mol. The van der Waals surface area contributed by atoms with E-state index >= 15 is 0 Å². The van der Waals surface area contributed by atoms with Crippen molar-refractivity contribution in [3.63, 3.8) is 0 Å². The van der Waals surface area contributed by atoms with Crippen LogP contribution in [0.4, 0.5) is 4.79 Å². The molecule has 10 heteroatoms. The Morgan fingerprint density at radius 2 is 1.83 bits per heavy atom. The van der Waals surface area contributed by atoms with Crippen molar-refractivity contribution < 1.29 is 38.5 Å². The molecule has 0 heterocycles. The minimum Gasteiger partial charge on any atom is -0.480 e. The molecule has 0 saturated heterocycles. The molecule has 0 aromatic rings. The van der Waals surface area contributed by atoms with Crippen LogP contribution in [0.1, 0.15) is 40.5 Å². The summed E-state index contributed by atoms with van der Waals surface area (Å²) in [4.78, 5) is 48.0. The van der Waals surface area contributed by atoms with Gasteiger partial charge < -0.3 is 25.4 Å². The zero-order chi connectivity index (χ0) is 18.9. The number of nitrogens with zero attached hydrogens (tertiary/aromatic N) is 2. The average Bonchev–Trinajstić information content (AvgIpc) is 2.41. The Morgan fingerprint density at radius 1 is 1.25 bits per heavy atom. The van der Waals surface area contributed by atoms with Gasteiger partial charge in [-0.3, -0.25) is 9.59 Å². The summed E-state index contributed by atoms with van der Waals surface area (Å²) in [5, 5.41) is 11.0. The number of carbonyl (C=O) groups excluding carboxylic acids is 3. The van der Waals surface area contributed by atoms with Crippen molar-refractivity contribution in [2.45, 2.75) is 52.9 Å². The molecule has 2 atom stereocenters. The minimum absolute atomic E-state index is 0.231. The third-order valence-corrected chi connectivity index (χ3v) is 2.63. The smallest absolute Gasteiger partial charge is 0.410 e. The average molecular weight is 343 g/mol. The summed E-state index contributed by atoms with van der Waals surface area (Å²) in [5.41, 5.74) is 7.40. The van der Waals surface area contributed by atoms with Crippen LogP contribution in [0.15, 0.2) is 0 Å². The number of carbonyl (C=O) groups is 4. The summed E-state index contributed by atoms with van der Waals surface area (Å²) in [6, 6.07) is -1.39. The maximum atomic E-state index is 11.6. The molecule has 2 N–H and O–H groups in total. The quantitative estimate of drug-likeness (QED) is 0.216. The first-order valence-corrected chi connectivity index (χ1v) is 7.08. The third kappa shape index (κ3) is 8.64. The van der Waals surface area contributed by atoms with Crippen LogP contribution in [0.25, 0.3) is 5.53 Å². The van der Waals surface area contributed by atoms with Crippen LogP contribution in [0.2, 0.25) is 0 Å². The molecule has 1 amide bonds. The SMILES string of the molecule is CC(OC(=O)NC(CCC(=O)C=[N+]=[N-])C(=O)O)OC(=O)C(C)(C)C. The van der Waals surface area contributed by atoms with Gasteiger partial charge in [-0.05, 0) is 27.2 Å². The summed E-state index contributed by atoms with van der Waals surface area (Å²) < 4.78 is 9.63. The lowest BCUT2D eigenvalue weighted by Gasteiger charge is -2.21. The van der Waals surface area contributed by atoms with Gasteiger partial charge >= 0.3 is 24.2 Å². The van der Waals surface area contributed by atoms with Gasteiger partial charge in [0.05, 0.1) is 5.41 Å². The molecule has 0 fully saturated rings. The Kier molecular flexibility index (Phi) is 8.34. The molecule has 10 nitrogen and oxygen atoms in total. The predicted molar refractivity (Wildman–Crippen MR) is 80.0 cm³/mol. The lowest BCUT2D eigenvalue weighted by molar-refractivity contribution is -0.174. The summed E-state index contributed by atoms with van der Waals surface area (Å²) in [7, 11) is 0. The van der Waals surface area contributed by atoms with Crippen LogP contribution in [0.3, 0.4) is 0 Å². The zero-order valence-electron chi connectivity index (χ0n) is 13.9. The molecule has 0 aliphatic carbocycles. The number of hydrogen-bond donors (Lipinski definition) is 2. The van der Waals surface area contributed by atoms with Crippen molar-refractivity contribution in [2.75, 3.05) is 0 Å². The second kappa shape index (κ2) is 9.41. The van der Waals surface area contributed by atoms with E-state index in [0.29, 0.717) is 6.21 Å². The first-order chi connectivity index (χ1) is 11.0. The normalized spacial score (nSPS) is 13.0. The highest BCUT2D eigenvalue weighted by Crippen LogP contribution is 2.16. The van der Waals surface area contributed by atoms with Crippen molar-refractivity contribution in [2.24, 2.45) is 5.41 Å². The molecule has 134 valence electrons. The van der Waals surface area contributed by atoms with E-state index < -0.39 is 41.6 Å². The molecule has 24 heavy (non-hydrogen) atoms. The van der Waals surface area contributed by atoms with Crippen LogP contribution in [-0.2, 0) is 23.9 Å². The molecule has 0 aromatic carbocycles. The number of ether oxygens (including phenoxy) is 2. The molecule has 2 unspecified atom stereocenters. The summed E-state index contributed by atoms with van der Waals surface area (Å²) in [5.74, 6) is -2.57. The van der Waals surface area contributed by atoms with E-state index in [0.717, 1.165) is 0 Å². The lowest BCUT2D eigenvalue weighted by atomic mass is 9.97. The van der Waals surface area contributed by atoms with E-state index in [1.54, 1.807) is 20.8 Å². The number of amides is 1. The summed E-state index contributed by atoms with van der Waals surface area (Å²) >= 11 is 0. The first kappa shape index (κ1) is 21.3. The van der Waals surface area contributed by atoms with Crippen LogP contribution in [-0.4, -0.2) is 52.3 Å². The largest absolute Gasteiger partial charge is 0.480 e. The highest BCUT2D eigenvalue weighted by molar-refractivity contribution is 6.25. The molecule has 0 aliphatic rings. The number of aliphatic carboxylic acids is 1. The minimum atomic E-state index is -1.39. The summed E-state index contributed by atoms with van der Waals surface area (Å²) in [6.45, 7) is 6.17. The highest BCUT2D eigenvalue weighted by atomic mass is 16.7. The molecular formula is C14H21N3O7. The molecule has 0 aromatic heterocycles. The van der Waals surface area contributed by atoms with Crippen molar-refractivity contribution in [3.8, 4) is 0 Å². The van der Waals surface area contributed by atoms with Crippen molar-refractivity contribution in [1.29, 1.82) is 0 Å². The van der Waals surface area contributed by atoms with Gasteiger partial charge in [0, 0.05) is 13.3 Å². The monoisotopic (exact) mass is 343 g/mol. The Hall–Kier alpha value is -2.74.